The molecule has 0 aromatic rings. The molecule has 0 rings (SSSR count). The quantitative estimate of drug-likeness (QED) is 0.253. The zero-order valence-corrected chi connectivity index (χ0v) is 13.1. The van der Waals surface area contributed by atoms with Crippen LogP contribution in [0.15, 0.2) is 24.8 Å². The van der Waals surface area contributed by atoms with E-state index < -0.39 is 5.60 Å². The summed E-state index contributed by atoms with van der Waals surface area (Å²) in [5.74, 6) is 0.0461. The SMILES string of the molecule is C=CC(CCCCCC)CC(=C)C(=O)OC(C)(C)C. The average molecular weight is 266 g/mol. The Labute approximate surface area is 118 Å². The highest BCUT2D eigenvalue weighted by molar-refractivity contribution is 5.88. The molecule has 0 spiro atoms. The number of unbranched alkanes of at least 4 members (excludes halogenated alkanes) is 3. The molecule has 0 amide bonds. The Bertz CT molecular complexity index is 297. The molecular weight excluding hydrogens is 236 g/mol. The fraction of sp³-hybridized carbons (Fsp3) is 0.706. The van der Waals surface area contributed by atoms with E-state index in [4.69, 9.17) is 4.74 Å². The van der Waals surface area contributed by atoms with Crippen LogP contribution >= 0.6 is 0 Å². The summed E-state index contributed by atoms with van der Waals surface area (Å²) in [6.07, 6.45) is 8.61. The number of hydrogen-bond donors (Lipinski definition) is 0. The van der Waals surface area contributed by atoms with Crippen LogP contribution in [-0.4, -0.2) is 11.6 Å². The minimum Gasteiger partial charge on any atom is -0.457 e. The zero-order chi connectivity index (χ0) is 14.9. The molecule has 0 aliphatic heterocycles. The van der Waals surface area contributed by atoms with Gasteiger partial charge in [0.1, 0.15) is 5.60 Å². The molecule has 0 aliphatic carbocycles. The van der Waals surface area contributed by atoms with Crippen molar-refractivity contribution in [2.24, 2.45) is 5.92 Å². The molecule has 110 valence electrons. The standard InChI is InChI=1S/C17H30O2/c1-7-9-10-11-12-15(8-2)13-14(3)16(18)19-17(4,5)6/h8,15H,2-3,7,9-13H2,1,4-6H3. The molecule has 2 heteroatoms. The fourth-order valence-electron chi connectivity index (χ4n) is 1.89. The van der Waals surface area contributed by atoms with E-state index in [0.717, 1.165) is 6.42 Å². The normalized spacial score (nSPS) is 12.8. The second-order valence-electron chi connectivity index (χ2n) is 6.15. The zero-order valence-electron chi connectivity index (χ0n) is 13.1. The first kappa shape index (κ1) is 17.9. The maximum absolute atomic E-state index is 11.8. The van der Waals surface area contributed by atoms with Crippen molar-refractivity contribution in [3.8, 4) is 0 Å². The molecule has 0 aromatic heterocycles. The van der Waals surface area contributed by atoms with Gasteiger partial charge in [0, 0.05) is 5.57 Å². The van der Waals surface area contributed by atoms with Gasteiger partial charge in [-0.25, -0.2) is 4.79 Å². The van der Waals surface area contributed by atoms with E-state index in [1.165, 1.54) is 25.7 Å². The molecule has 0 heterocycles. The van der Waals surface area contributed by atoms with Crippen LogP contribution in [0.4, 0.5) is 0 Å². The third-order valence-corrected chi connectivity index (χ3v) is 2.96. The molecule has 2 nitrogen and oxygen atoms in total. The molecule has 0 aliphatic rings. The first-order valence-corrected chi connectivity index (χ1v) is 7.33. The smallest absolute Gasteiger partial charge is 0.333 e. The highest BCUT2D eigenvalue weighted by Crippen LogP contribution is 2.21. The van der Waals surface area contributed by atoms with Gasteiger partial charge < -0.3 is 4.74 Å². The molecule has 0 saturated heterocycles. The average Bonchev–Trinajstić information content (AvgIpc) is 2.30. The van der Waals surface area contributed by atoms with Crippen molar-refractivity contribution >= 4 is 5.97 Å². The number of carbonyl (C=O) groups is 1. The molecule has 19 heavy (non-hydrogen) atoms. The van der Waals surface area contributed by atoms with Crippen molar-refractivity contribution in [1.82, 2.24) is 0 Å². The largest absolute Gasteiger partial charge is 0.457 e. The van der Waals surface area contributed by atoms with Crippen molar-refractivity contribution in [2.75, 3.05) is 0 Å². The molecule has 0 bridgehead atoms. The number of hydrogen-bond acceptors (Lipinski definition) is 2. The molecular formula is C17H30O2. The second kappa shape index (κ2) is 8.95. The Morgan fingerprint density at radius 3 is 2.37 bits per heavy atom. The molecule has 0 N–H and O–H groups in total. The molecule has 0 radical (unpaired) electrons. The van der Waals surface area contributed by atoms with E-state index in [2.05, 4.69) is 20.1 Å². The number of esters is 1. The lowest BCUT2D eigenvalue weighted by Crippen LogP contribution is -2.25. The van der Waals surface area contributed by atoms with Gasteiger partial charge in [-0.1, -0.05) is 45.3 Å². The summed E-state index contributed by atoms with van der Waals surface area (Å²) in [6, 6.07) is 0. The van der Waals surface area contributed by atoms with Crippen molar-refractivity contribution in [3.63, 3.8) is 0 Å². The minimum atomic E-state index is -0.454. The van der Waals surface area contributed by atoms with Gasteiger partial charge in [-0.15, -0.1) is 6.58 Å². The molecule has 0 aromatic carbocycles. The van der Waals surface area contributed by atoms with E-state index in [1.807, 2.05) is 26.8 Å². The Morgan fingerprint density at radius 2 is 1.89 bits per heavy atom. The third-order valence-electron chi connectivity index (χ3n) is 2.96. The molecule has 1 atom stereocenters. The van der Waals surface area contributed by atoms with Gasteiger partial charge in [0.05, 0.1) is 0 Å². The summed E-state index contributed by atoms with van der Waals surface area (Å²) < 4.78 is 5.32. The van der Waals surface area contributed by atoms with Crippen LogP contribution in [0.1, 0.15) is 66.2 Å². The lowest BCUT2D eigenvalue weighted by Gasteiger charge is -2.21. The molecule has 0 fully saturated rings. The highest BCUT2D eigenvalue weighted by atomic mass is 16.6. The van der Waals surface area contributed by atoms with Crippen molar-refractivity contribution in [3.05, 3.63) is 24.8 Å². The van der Waals surface area contributed by atoms with Gasteiger partial charge in [0.25, 0.3) is 0 Å². The third kappa shape index (κ3) is 9.52. The minimum absolute atomic E-state index is 0.284. The molecule has 0 saturated carbocycles. The summed E-state index contributed by atoms with van der Waals surface area (Å²) in [4.78, 5) is 11.8. The number of ether oxygens (including phenoxy) is 1. The highest BCUT2D eigenvalue weighted by Gasteiger charge is 2.20. The maximum Gasteiger partial charge on any atom is 0.333 e. The number of carbonyl (C=O) groups excluding carboxylic acids is 1. The first-order valence-electron chi connectivity index (χ1n) is 7.33. The number of allylic oxidation sites excluding steroid dienone is 1. The Balaban J connectivity index is 4.12. The van der Waals surface area contributed by atoms with Gasteiger partial charge in [-0.2, -0.15) is 0 Å². The monoisotopic (exact) mass is 266 g/mol. The van der Waals surface area contributed by atoms with Crippen LogP contribution in [0.5, 0.6) is 0 Å². The van der Waals surface area contributed by atoms with Crippen LogP contribution in [0.2, 0.25) is 0 Å². The summed E-state index contributed by atoms with van der Waals surface area (Å²) in [5, 5.41) is 0. The predicted octanol–water partition coefficient (Wildman–Crippen LogP) is 5.05. The van der Waals surface area contributed by atoms with E-state index in [0.29, 0.717) is 17.9 Å². The van der Waals surface area contributed by atoms with E-state index in [1.54, 1.807) is 0 Å². The Morgan fingerprint density at radius 1 is 1.26 bits per heavy atom. The Hall–Kier alpha value is -1.05. The number of rotatable bonds is 9. The summed E-state index contributed by atoms with van der Waals surface area (Å²) >= 11 is 0. The molecule has 1 unspecified atom stereocenters. The van der Waals surface area contributed by atoms with Crippen LogP contribution in [0.25, 0.3) is 0 Å². The summed E-state index contributed by atoms with van der Waals surface area (Å²) in [5.41, 5.74) is 0.0977. The van der Waals surface area contributed by atoms with Crippen LogP contribution < -0.4 is 0 Å². The van der Waals surface area contributed by atoms with Crippen LogP contribution in [0, 0.1) is 5.92 Å². The van der Waals surface area contributed by atoms with E-state index >= 15 is 0 Å². The van der Waals surface area contributed by atoms with Crippen molar-refractivity contribution < 1.29 is 9.53 Å². The predicted molar refractivity (Wildman–Crippen MR) is 82.0 cm³/mol. The van der Waals surface area contributed by atoms with E-state index in [9.17, 15) is 4.79 Å². The van der Waals surface area contributed by atoms with Gasteiger partial charge in [-0.3, -0.25) is 0 Å². The topological polar surface area (TPSA) is 26.3 Å². The van der Waals surface area contributed by atoms with Crippen LogP contribution in [0.3, 0.4) is 0 Å². The lowest BCUT2D eigenvalue weighted by atomic mass is 9.94. The van der Waals surface area contributed by atoms with Gasteiger partial charge >= 0.3 is 5.97 Å². The maximum atomic E-state index is 11.8. The van der Waals surface area contributed by atoms with Crippen molar-refractivity contribution in [2.45, 2.75) is 71.8 Å². The summed E-state index contributed by atoms with van der Waals surface area (Å²) in [7, 11) is 0. The first-order chi connectivity index (χ1) is 8.80. The van der Waals surface area contributed by atoms with Gasteiger partial charge in [-0.05, 0) is 39.5 Å². The van der Waals surface area contributed by atoms with Crippen molar-refractivity contribution in [1.29, 1.82) is 0 Å². The fourth-order valence-corrected chi connectivity index (χ4v) is 1.89. The van der Waals surface area contributed by atoms with Gasteiger partial charge in [0.15, 0.2) is 0 Å². The van der Waals surface area contributed by atoms with Gasteiger partial charge in [0.2, 0.25) is 0 Å². The van der Waals surface area contributed by atoms with Crippen LogP contribution in [-0.2, 0) is 9.53 Å². The Kier molecular flexibility index (Phi) is 8.46. The second-order valence-corrected chi connectivity index (χ2v) is 6.15. The summed E-state index contributed by atoms with van der Waals surface area (Å²) in [6.45, 7) is 15.5. The lowest BCUT2D eigenvalue weighted by molar-refractivity contribution is -0.150. The van der Waals surface area contributed by atoms with E-state index in [-0.39, 0.29) is 5.97 Å².